The van der Waals surface area contributed by atoms with Gasteiger partial charge in [-0.2, -0.15) is 9.97 Å². The highest BCUT2D eigenvalue weighted by atomic mass is 19.1. The molecule has 2 aliphatic rings. The molecule has 0 saturated carbocycles. The Bertz CT molecular complexity index is 1610. The standard InChI is InChI=1S/C26H24F3N5O3/c1-30-23-19-22(32-25(33-23)37-12-26-5-2-6-34(26)11-15(28)10-26)20(29)21(31-24(19)36)18-9-16(35)7-13-3-4-14(27)8-17(13)18/h3-4,7-9,15,35H,2,5-6,10-12H2,1H3,(H,31,36)(H,30,32,33)/t15-,26+/m1/s1. The Labute approximate surface area is 209 Å². The summed E-state index contributed by atoms with van der Waals surface area (Å²) in [5, 5.41) is 13.6. The second-order valence-electron chi connectivity index (χ2n) is 9.69. The zero-order valence-electron chi connectivity index (χ0n) is 19.9. The van der Waals surface area contributed by atoms with Crippen LogP contribution in [0.4, 0.5) is 19.0 Å². The van der Waals surface area contributed by atoms with Crippen molar-refractivity contribution in [3.63, 3.8) is 0 Å². The number of hydrogen-bond donors (Lipinski definition) is 3. The Morgan fingerprint density at radius 3 is 2.92 bits per heavy atom. The average Bonchev–Trinajstić information content (AvgIpc) is 3.40. The van der Waals surface area contributed by atoms with Crippen LogP contribution < -0.4 is 15.6 Å². The van der Waals surface area contributed by atoms with Gasteiger partial charge in [0, 0.05) is 25.6 Å². The first kappa shape index (κ1) is 23.5. The van der Waals surface area contributed by atoms with Gasteiger partial charge in [-0.1, -0.05) is 6.07 Å². The van der Waals surface area contributed by atoms with Gasteiger partial charge >= 0.3 is 6.01 Å². The number of nitrogens with one attached hydrogen (secondary N) is 2. The normalized spacial score (nSPS) is 21.6. The van der Waals surface area contributed by atoms with Gasteiger partial charge in [0.05, 0.1) is 11.2 Å². The number of fused-ring (bicyclic) bond motifs is 3. The lowest BCUT2D eigenvalue weighted by molar-refractivity contribution is 0.107. The van der Waals surface area contributed by atoms with E-state index in [1.807, 2.05) is 0 Å². The molecular weight excluding hydrogens is 487 g/mol. The molecule has 37 heavy (non-hydrogen) atoms. The third-order valence-electron chi connectivity index (χ3n) is 7.42. The van der Waals surface area contributed by atoms with Crippen molar-refractivity contribution in [2.75, 3.05) is 32.1 Å². The summed E-state index contributed by atoms with van der Waals surface area (Å²) in [6.45, 7) is 1.28. The molecule has 2 aliphatic heterocycles. The highest BCUT2D eigenvalue weighted by Gasteiger charge is 2.49. The summed E-state index contributed by atoms with van der Waals surface area (Å²) in [5.74, 6) is -1.56. The van der Waals surface area contributed by atoms with Crippen molar-refractivity contribution in [1.82, 2.24) is 19.9 Å². The molecule has 192 valence electrons. The van der Waals surface area contributed by atoms with Gasteiger partial charge in [-0.05, 0) is 54.4 Å². The number of hydrogen-bond acceptors (Lipinski definition) is 7. The highest BCUT2D eigenvalue weighted by molar-refractivity contribution is 5.99. The van der Waals surface area contributed by atoms with Crippen molar-refractivity contribution >= 4 is 27.5 Å². The average molecular weight is 512 g/mol. The van der Waals surface area contributed by atoms with Gasteiger partial charge in [-0.15, -0.1) is 0 Å². The Balaban J connectivity index is 1.48. The van der Waals surface area contributed by atoms with Crippen LogP contribution in [0.1, 0.15) is 19.3 Å². The third-order valence-corrected chi connectivity index (χ3v) is 7.42. The summed E-state index contributed by atoms with van der Waals surface area (Å²) < 4.78 is 50.1. The number of phenols is 1. The van der Waals surface area contributed by atoms with E-state index >= 15 is 4.39 Å². The number of aromatic nitrogens is 3. The number of phenolic OH excluding ortho intramolecular Hbond substituents is 1. The topological polar surface area (TPSA) is 103 Å². The predicted octanol–water partition coefficient (Wildman–Crippen LogP) is 4.12. The minimum Gasteiger partial charge on any atom is -0.508 e. The van der Waals surface area contributed by atoms with E-state index in [0.717, 1.165) is 19.4 Å². The maximum atomic E-state index is 16.0. The summed E-state index contributed by atoms with van der Waals surface area (Å²) in [4.78, 5) is 26.2. The lowest BCUT2D eigenvalue weighted by Crippen LogP contribution is -2.43. The molecule has 4 aromatic rings. The fraction of sp³-hybridized carbons (Fsp3) is 0.346. The smallest absolute Gasteiger partial charge is 0.319 e. The van der Waals surface area contributed by atoms with Crippen LogP contribution >= 0.6 is 0 Å². The van der Waals surface area contributed by atoms with Gasteiger partial charge in [0.25, 0.3) is 5.56 Å². The number of benzene rings is 2. The second-order valence-corrected chi connectivity index (χ2v) is 9.69. The van der Waals surface area contributed by atoms with E-state index in [9.17, 15) is 18.7 Å². The summed E-state index contributed by atoms with van der Waals surface area (Å²) in [6.07, 6.45) is 1.12. The Kier molecular flexibility index (Phi) is 5.48. The maximum absolute atomic E-state index is 16.0. The number of nitrogens with zero attached hydrogens (tertiary/aromatic N) is 3. The van der Waals surface area contributed by atoms with Crippen molar-refractivity contribution < 1.29 is 23.0 Å². The Morgan fingerprint density at radius 2 is 2.11 bits per heavy atom. The van der Waals surface area contributed by atoms with Crippen LogP contribution in [0.5, 0.6) is 11.8 Å². The van der Waals surface area contributed by atoms with Crippen LogP contribution in [-0.2, 0) is 0 Å². The number of H-pyrrole nitrogens is 1. The molecule has 2 saturated heterocycles. The van der Waals surface area contributed by atoms with Gasteiger partial charge in [0.15, 0.2) is 5.82 Å². The third kappa shape index (κ3) is 3.85. The van der Waals surface area contributed by atoms with Crippen LogP contribution in [0.2, 0.25) is 0 Å². The molecule has 2 atom stereocenters. The predicted molar refractivity (Wildman–Crippen MR) is 133 cm³/mol. The van der Waals surface area contributed by atoms with Crippen molar-refractivity contribution in [3.05, 3.63) is 52.3 Å². The molecule has 8 nitrogen and oxygen atoms in total. The van der Waals surface area contributed by atoms with E-state index in [2.05, 4.69) is 25.2 Å². The Hall–Kier alpha value is -3.86. The van der Waals surface area contributed by atoms with Gasteiger partial charge in [-0.3, -0.25) is 9.69 Å². The molecule has 0 aliphatic carbocycles. The van der Waals surface area contributed by atoms with Crippen LogP contribution in [0, 0.1) is 11.6 Å². The fourth-order valence-corrected chi connectivity index (χ4v) is 5.76. The molecular formula is C26H24F3N5O3. The first-order valence-corrected chi connectivity index (χ1v) is 12.0. The van der Waals surface area contributed by atoms with Crippen LogP contribution in [0.25, 0.3) is 32.9 Å². The van der Waals surface area contributed by atoms with E-state index in [1.54, 1.807) is 0 Å². The van der Waals surface area contributed by atoms with E-state index < -0.39 is 28.9 Å². The molecule has 6 rings (SSSR count). The van der Waals surface area contributed by atoms with E-state index in [4.69, 9.17) is 4.74 Å². The molecule has 0 amide bonds. The first-order chi connectivity index (χ1) is 17.8. The number of aromatic hydroxyl groups is 1. The Morgan fingerprint density at radius 1 is 1.27 bits per heavy atom. The molecule has 0 radical (unpaired) electrons. The quantitative estimate of drug-likeness (QED) is 0.370. The number of ether oxygens (including phenoxy) is 1. The van der Waals surface area contributed by atoms with Crippen LogP contribution in [0.3, 0.4) is 0 Å². The minimum atomic E-state index is -0.935. The number of rotatable bonds is 5. The number of halogens is 3. The van der Waals surface area contributed by atoms with E-state index in [0.29, 0.717) is 23.7 Å². The SMILES string of the molecule is CNc1nc(OC[C@@]23CCCN2C[C@H](F)C3)nc2c(F)c(-c3cc(O)cc4ccc(F)cc34)[nH]c(=O)c12. The van der Waals surface area contributed by atoms with Crippen molar-refractivity contribution in [3.8, 4) is 23.0 Å². The number of alkyl halides is 1. The molecule has 0 spiro atoms. The molecule has 0 unspecified atom stereocenters. The molecule has 0 bridgehead atoms. The van der Waals surface area contributed by atoms with Gasteiger partial charge in [-0.25, -0.2) is 13.2 Å². The number of aromatic amines is 1. The molecule has 2 fully saturated rings. The molecule has 4 heterocycles. The van der Waals surface area contributed by atoms with Crippen molar-refractivity contribution in [2.45, 2.75) is 31.0 Å². The molecule has 2 aromatic heterocycles. The van der Waals surface area contributed by atoms with Gasteiger partial charge in [0.1, 0.15) is 41.1 Å². The maximum Gasteiger partial charge on any atom is 0.319 e. The van der Waals surface area contributed by atoms with Crippen molar-refractivity contribution in [1.29, 1.82) is 0 Å². The van der Waals surface area contributed by atoms with Crippen LogP contribution in [0.15, 0.2) is 35.1 Å². The first-order valence-electron chi connectivity index (χ1n) is 12.0. The van der Waals surface area contributed by atoms with Gasteiger partial charge in [0.2, 0.25) is 0 Å². The van der Waals surface area contributed by atoms with Gasteiger partial charge < -0.3 is 20.1 Å². The minimum absolute atomic E-state index is 0.0640. The second kappa shape index (κ2) is 8.62. The lowest BCUT2D eigenvalue weighted by Gasteiger charge is -2.30. The van der Waals surface area contributed by atoms with E-state index in [-0.39, 0.29) is 46.3 Å². The van der Waals surface area contributed by atoms with E-state index in [1.165, 1.54) is 37.4 Å². The highest BCUT2D eigenvalue weighted by Crippen LogP contribution is 2.40. The van der Waals surface area contributed by atoms with Crippen molar-refractivity contribution in [2.24, 2.45) is 0 Å². The monoisotopic (exact) mass is 511 g/mol. The molecule has 3 N–H and O–H groups in total. The summed E-state index contributed by atoms with van der Waals surface area (Å²) in [7, 11) is 1.53. The number of pyridine rings is 1. The lowest BCUT2D eigenvalue weighted by atomic mass is 9.95. The largest absolute Gasteiger partial charge is 0.508 e. The zero-order chi connectivity index (χ0) is 25.9. The molecule has 2 aromatic carbocycles. The zero-order valence-corrected chi connectivity index (χ0v) is 19.9. The summed E-state index contributed by atoms with van der Waals surface area (Å²) in [6, 6.07) is 6.39. The summed E-state index contributed by atoms with van der Waals surface area (Å²) in [5.41, 5.74) is -1.59. The molecule has 11 heteroatoms. The fourth-order valence-electron chi connectivity index (χ4n) is 5.76. The van der Waals surface area contributed by atoms with Crippen LogP contribution in [-0.4, -0.2) is 63.4 Å². The number of anilines is 1. The summed E-state index contributed by atoms with van der Waals surface area (Å²) >= 11 is 0.